The van der Waals surface area contributed by atoms with E-state index in [-0.39, 0.29) is 5.56 Å². The minimum atomic E-state index is -0.215. The Hall–Kier alpha value is -3.15. The molecule has 0 bridgehead atoms. The summed E-state index contributed by atoms with van der Waals surface area (Å²) in [7, 11) is 0. The van der Waals surface area contributed by atoms with Crippen molar-refractivity contribution >= 4 is 52.3 Å². The van der Waals surface area contributed by atoms with Crippen LogP contribution in [0.1, 0.15) is 11.1 Å². The number of benzene rings is 2. The number of hydrogen-bond acceptors (Lipinski definition) is 4. The van der Waals surface area contributed by atoms with Crippen LogP contribution in [0.3, 0.4) is 0 Å². The highest BCUT2D eigenvalue weighted by molar-refractivity contribution is 6.30. The van der Waals surface area contributed by atoms with Crippen molar-refractivity contribution in [3.63, 3.8) is 0 Å². The van der Waals surface area contributed by atoms with Crippen LogP contribution in [0, 0.1) is 6.92 Å². The predicted octanol–water partition coefficient (Wildman–Crippen LogP) is 5.80. The Bertz CT molecular complexity index is 1260. The zero-order valence-electron chi connectivity index (χ0n) is 15.4. The second-order valence-electron chi connectivity index (χ2n) is 6.43. The Labute approximate surface area is 177 Å². The Morgan fingerprint density at radius 1 is 1.00 bits per heavy atom. The first-order valence-electron chi connectivity index (χ1n) is 8.85. The van der Waals surface area contributed by atoms with Gasteiger partial charge in [-0.1, -0.05) is 29.3 Å². The van der Waals surface area contributed by atoms with Crippen molar-refractivity contribution < 1.29 is 0 Å². The first kappa shape index (κ1) is 19.2. The summed E-state index contributed by atoms with van der Waals surface area (Å²) in [6.07, 6.45) is 3.22. The molecular weight excluding hydrogens is 407 g/mol. The molecule has 0 atom stereocenters. The third kappa shape index (κ3) is 4.16. The van der Waals surface area contributed by atoms with E-state index < -0.39 is 0 Å². The number of rotatable bonds is 4. The van der Waals surface area contributed by atoms with Gasteiger partial charge >= 0.3 is 0 Å². The normalized spacial score (nSPS) is 11.3. The summed E-state index contributed by atoms with van der Waals surface area (Å²) in [5.74, 6) is 0.421. The van der Waals surface area contributed by atoms with Gasteiger partial charge in [0.15, 0.2) is 0 Å². The van der Waals surface area contributed by atoms with Crippen molar-refractivity contribution in [3.05, 3.63) is 98.4 Å². The second kappa shape index (κ2) is 8.07. The lowest BCUT2D eigenvalue weighted by Gasteiger charge is -2.12. The summed E-state index contributed by atoms with van der Waals surface area (Å²) in [6.45, 7) is 1.91. The van der Waals surface area contributed by atoms with Crippen LogP contribution in [0.5, 0.6) is 0 Å². The molecule has 0 saturated heterocycles. The molecule has 2 aromatic heterocycles. The van der Waals surface area contributed by atoms with Gasteiger partial charge in [0, 0.05) is 28.1 Å². The van der Waals surface area contributed by atoms with E-state index in [1.54, 1.807) is 42.6 Å². The lowest BCUT2D eigenvalue weighted by atomic mass is 10.2. The maximum atomic E-state index is 13.2. The number of anilines is 2. The maximum absolute atomic E-state index is 13.2. The van der Waals surface area contributed by atoms with Crippen LogP contribution in [0.15, 0.2) is 76.6 Å². The van der Waals surface area contributed by atoms with Crippen LogP contribution in [0.4, 0.5) is 17.2 Å². The monoisotopic (exact) mass is 422 g/mol. The second-order valence-corrected chi connectivity index (χ2v) is 7.30. The Morgan fingerprint density at radius 2 is 1.66 bits per heavy atom. The van der Waals surface area contributed by atoms with Crippen molar-refractivity contribution in [1.29, 1.82) is 0 Å². The van der Waals surface area contributed by atoms with Gasteiger partial charge in [0.2, 0.25) is 0 Å². The molecule has 2 heterocycles. The molecule has 144 valence electrons. The lowest BCUT2D eigenvalue weighted by molar-refractivity contribution is 1.03. The maximum Gasteiger partial charge on any atom is 0.268 e. The molecule has 1 N–H and O–H groups in total. The first-order chi connectivity index (χ1) is 14.0. The molecular formula is C22H16Cl2N4O. The van der Waals surface area contributed by atoms with E-state index in [9.17, 15) is 4.79 Å². The minimum Gasteiger partial charge on any atom is -0.339 e. The van der Waals surface area contributed by atoms with Crippen LogP contribution in [0.25, 0.3) is 5.65 Å². The molecule has 0 radical (unpaired) electrons. The van der Waals surface area contributed by atoms with Gasteiger partial charge in [-0.2, -0.15) is 0 Å². The quantitative estimate of drug-likeness (QED) is 0.422. The number of halogens is 2. The fourth-order valence-electron chi connectivity index (χ4n) is 2.86. The lowest BCUT2D eigenvalue weighted by Crippen LogP contribution is -2.22. The van der Waals surface area contributed by atoms with Crippen LogP contribution in [-0.4, -0.2) is 15.6 Å². The molecule has 7 heteroatoms. The van der Waals surface area contributed by atoms with E-state index in [0.29, 0.717) is 32.8 Å². The summed E-state index contributed by atoms with van der Waals surface area (Å²) in [5.41, 5.74) is 3.05. The van der Waals surface area contributed by atoms with Crippen LogP contribution < -0.4 is 10.9 Å². The first-order valence-corrected chi connectivity index (χ1v) is 9.61. The van der Waals surface area contributed by atoms with E-state index in [2.05, 4.69) is 15.3 Å². The Morgan fingerprint density at radius 3 is 2.34 bits per heavy atom. The standard InChI is InChI=1S/C22H16Cl2N4O/c1-14-3-2-12-28-21(14)27-20(26-18-10-6-16(24)7-11-18)19(22(28)29)13-25-17-8-4-15(23)5-9-17/h2-13,26H,1H3. The Kier molecular flexibility index (Phi) is 5.34. The number of aromatic nitrogens is 2. The van der Waals surface area contributed by atoms with Crippen LogP contribution in [0.2, 0.25) is 10.0 Å². The summed E-state index contributed by atoms with van der Waals surface area (Å²) < 4.78 is 1.52. The predicted molar refractivity (Wildman–Crippen MR) is 120 cm³/mol. The molecule has 0 unspecified atom stereocenters. The number of nitrogens with one attached hydrogen (secondary N) is 1. The zero-order chi connectivity index (χ0) is 20.4. The topological polar surface area (TPSA) is 58.8 Å². The zero-order valence-corrected chi connectivity index (χ0v) is 16.9. The van der Waals surface area contributed by atoms with Crippen molar-refractivity contribution in [2.45, 2.75) is 6.92 Å². The van der Waals surface area contributed by atoms with Crippen molar-refractivity contribution in [2.75, 3.05) is 5.32 Å². The molecule has 0 aliphatic rings. The Balaban J connectivity index is 1.85. The average molecular weight is 423 g/mol. The summed E-state index contributed by atoms with van der Waals surface area (Å²) in [5, 5.41) is 4.46. The van der Waals surface area contributed by atoms with Crippen LogP contribution in [-0.2, 0) is 0 Å². The number of fused-ring (bicyclic) bond motifs is 1. The fraction of sp³-hybridized carbons (Fsp3) is 0.0455. The highest BCUT2D eigenvalue weighted by Crippen LogP contribution is 2.21. The van der Waals surface area contributed by atoms with Gasteiger partial charge in [-0.3, -0.25) is 14.2 Å². The molecule has 29 heavy (non-hydrogen) atoms. The number of aryl methyl sites for hydroxylation is 1. The number of nitrogens with zero attached hydrogens (tertiary/aromatic N) is 3. The smallest absolute Gasteiger partial charge is 0.268 e. The molecule has 0 saturated carbocycles. The summed E-state index contributed by atoms with van der Waals surface area (Å²) in [6, 6.07) is 18.0. The van der Waals surface area contributed by atoms with Gasteiger partial charge in [-0.05, 0) is 67.1 Å². The van der Waals surface area contributed by atoms with E-state index >= 15 is 0 Å². The number of aliphatic imine (C=N–C) groups is 1. The molecule has 4 rings (SSSR count). The van der Waals surface area contributed by atoms with Gasteiger partial charge in [0.05, 0.1) is 5.69 Å². The highest BCUT2D eigenvalue weighted by Gasteiger charge is 2.13. The summed E-state index contributed by atoms with van der Waals surface area (Å²) >= 11 is 11.9. The van der Waals surface area contributed by atoms with E-state index in [1.807, 2.05) is 31.2 Å². The van der Waals surface area contributed by atoms with Gasteiger partial charge < -0.3 is 5.32 Å². The number of hydrogen-bond donors (Lipinski definition) is 1. The molecule has 4 aromatic rings. The van der Waals surface area contributed by atoms with Crippen molar-refractivity contribution in [1.82, 2.24) is 9.38 Å². The van der Waals surface area contributed by atoms with E-state index in [1.165, 1.54) is 10.6 Å². The SMILES string of the molecule is Cc1cccn2c(=O)c(C=Nc3ccc(Cl)cc3)c(Nc3ccc(Cl)cc3)nc12. The van der Waals surface area contributed by atoms with E-state index in [0.717, 1.165) is 11.3 Å². The number of pyridine rings is 1. The minimum absolute atomic E-state index is 0.215. The third-order valence-electron chi connectivity index (χ3n) is 4.36. The third-order valence-corrected chi connectivity index (χ3v) is 4.86. The van der Waals surface area contributed by atoms with Gasteiger partial charge in [-0.15, -0.1) is 0 Å². The largest absolute Gasteiger partial charge is 0.339 e. The fourth-order valence-corrected chi connectivity index (χ4v) is 3.11. The van der Waals surface area contributed by atoms with Crippen molar-refractivity contribution in [2.24, 2.45) is 4.99 Å². The molecule has 0 aliphatic heterocycles. The van der Waals surface area contributed by atoms with Crippen molar-refractivity contribution in [3.8, 4) is 0 Å². The molecule has 2 aromatic carbocycles. The van der Waals surface area contributed by atoms with Gasteiger partial charge in [0.25, 0.3) is 5.56 Å². The molecule has 0 fully saturated rings. The molecule has 5 nitrogen and oxygen atoms in total. The molecule has 0 aliphatic carbocycles. The van der Waals surface area contributed by atoms with Crippen LogP contribution >= 0.6 is 23.2 Å². The van der Waals surface area contributed by atoms with Gasteiger partial charge in [0.1, 0.15) is 17.0 Å². The molecule has 0 spiro atoms. The summed E-state index contributed by atoms with van der Waals surface area (Å²) in [4.78, 5) is 22.3. The molecule has 0 amide bonds. The average Bonchev–Trinajstić information content (AvgIpc) is 2.71. The highest BCUT2D eigenvalue weighted by atomic mass is 35.5. The van der Waals surface area contributed by atoms with E-state index in [4.69, 9.17) is 23.2 Å². The van der Waals surface area contributed by atoms with Gasteiger partial charge in [-0.25, -0.2) is 4.98 Å².